The smallest absolute Gasteiger partial charge is 0.293 e. The van der Waals surface area contributed by atoms with E-state index in [2.05, 4.69) is 77.4 Å². The first-order valence-electron chi connectivity index (χ1n) is 20.8. The summed E-state index contributed by atoms with van der Waals surface area (Å²) in [4.78, 5) is 46.4. The normalized spacial score (nSPS) is 16.6. The van der Waals surface area contributed by atoms with Gasteiger partial charge < -0.3 is 24.1 Å². The highest BCUT2D eigenvalue weighted by Crippen LogP contribution is 2.41. The second-order valence-corrected chi connectivity index (χ2v) is 17.0. The van der Waals surface area contributed by atoms with Crippen LogP contribution in [-0.2, 0) is 48.0 Å². The summed E-state index contributed by atoms with van der Waals surface area (Å²) in [5.41, 5.74) is 11.1. The minimum atomic E-state index is -0.755. The summed E-state index contributed by atoms with van der Waals surface area (Å²) in [7, 11) is 3.67. The van der Waals surface area contributed by atoms with E-state index in [1.165, 1.54) is 0 Å². The molecular formula is C46H62N6O6. The molecule has 2 aliphatic heterocycles. The molecule has 3 unspecified atom stereocenters. The molecule has 4 heterocycles. The van der Waals surface area contributed by atoms with E-state index in [0.29, 0.717) is 39.1 Å². The van der Waals surface area contributed by atoms with Crippen LogP contribution >= 0.6 is 0 Å². The van der Waals surface area contributed by atoms with Gasteiger partial charge in [0.05, 0.1) is 49.4 Å². The van der Waals surface area contributed by atoms with Crippen LogP contribution in [0.5, 0.6) is 0 Å². The van der Waals surface area contributed by atoms with Crippen molar-refractivity contribution in [1.82, 2.24) is 30.2 Å². The largest absolute Gasteiger partial charge is 0.467 e. The number of ether oxygens (including phenoxy) is 3. The van der Waals surface area contributed by atoms with Crippen LogP contribution in [0.2, 0.25) is 0 Å². The molecule has 58 heavy (non-hydrogen) atoms. The molecule has 2 saturated heterocycles. The zero-order valence-electron chi connectivity index (χ0n) is 35.5. The minimum absolute atomic E-state index is 0.0388. The molecule has 12 heteroatoms. The standard InChI is InChI=1S/C46H62N6O6/c1-9-51-40-18-17-34(24-37(40)38(25-46(5,6)28-58-29-53)43(51)36-16-13-19-47-41(36)31(4)56-8)33-15-12-14-32(22-33)23-39(45(55)52-21-11-10-20-48-52)49-44(54)42(30(2)3)50(7)35-26-57-27-35/h12-19,22,24,29-31,35,39,42,48H,9-11,20-21,23,25-28H2,1-8H3,(H,49,54). The van der Waals surface area contributed by atoms with Gasteiger partial charge in [-0.15, -0.1) is 0 Å². The van der Waals surface area contributed by atoms with Gasteiger partial charge in [-0.2, -0.15) is 0 Å². The van der Waals surface area contributed by atoms with Gasteiger partial charge in [0.2, 0.25) is 5.91 Å². The van der Waals surface area contributed by atoms with E-state index in [4.69, 9.17) is 19.2 Å². The topological polar surface area (TPSA) is 127 Å². The van der Waals surface area contributed by atoms with Gasteiger partial charge in [-0.05, 0) is 92.6 Å². The molecule has 6 rings (SSSR count). The summed E-state index contributed by atoms with van der Waals surface area (Å²) in [6.45, 7) is 16.5. The van der Waals surface area contributed by atoms with E-state index in [0.717, 1.165) is 76.0 Å². The van der Waals surface area contributed by atoms with Gasteiger partial charge in [-0.25, -0.2) is 5.43 Å². The number of nitrogens with one attached hydrogen (secondary N) is 2. The monoisotopic (exact) mass is 794 g/mol. The Hall–Kier alpha value is -4.62. The Bertz CT molecular complexity index is 2050. The van der Waals surface area contributed by atoms with Crippen molar-refractivity contribution in [3.8, 4) is 22.4 Å². The van der Waals surface area contributed by atoms with Crippen LogP contribution in [0.25, 0.3) is 33.3 Å². The Morgan fingerprint density at radius 2 is 1.86 bits per heavy atom. The van der Waals surface area contributed by atoms with E-state index in [1.54, 1.807) is 18.3 Å². The molecule has 0 bridgehead atoms. The van der Waals surface area contributed by atoms with Gasteiger partial charge in [0.15, 0.2) is 0 Å². The quantitative estimate of drug-likeness (QED) is 0.111. The fraction of sp³-hybridized carbons (Fsp3) is 0.522. The van der Waals surface area contributed by atoms with Crippen LogP contribution < -0.4 is 10.7 Å². The van der Waals surface area contributed by atoms with Crippen LogP contribution in [-0.4, -0.2) is 103 Å². The summed E-state index contributed by atoms with van der Waals surface area (Å²) < 4.78 is 18.9. The number of methoxy groups -OCH3 is 1. The number of aromatic nitrogens is 2. The molecule has 0 saturated carbocycles. The Kier molecular flexibility index (Phi) is 14.1. The lowest BCUT2D eigenvalue weighted by Gasteiger charge is -2.41. The molecule has 12 nitrogen and oxygen atoms in total. The molecule has 2 aromatic heterocycles. The number of benzene rings is 2. The lowest BCUT2D eigenvalue weighted by Crippen LogP contribution is -2.61. The first-order chi connectivity index (χ1) is 27.9. The summed E-state index contributed by atoms with van der Waals surface area (Å²) in [5.74, 6) is -0.242. The Morgan fingerprint density at radius 1 is 1.09 bits per heavy atom. The Balaban J connectivity index is 1.39. The van der Waals surface area contributed by atoms with Crippen molar-refractivity contribution >= 4 is 29.2 Å². The minimum Gasteiger partial charge on any atom is -0.467 e. The van der Waals surface area contributed by atoms with Gasteiger partial charge in [0.1, 0.15) is 6.04 Å². The highest BCUT2D eigenvalue weighted by Gasteiger charge is 2.37. The van der Waals surface area contributed by atoms with Crippen molar-refractivity contribution in [2.24, 2.45) is 11.3 Å². The fourth-order valence-corrected chi connectivity index (χ4v) is 8.54. The van der Waals surface area contributed by atoms with Crippen molar-refractivity contribution in [2.75, 3.05) is 47.1 Å². The van der Waals surface area contributed by atoms with Crippen LogP contribution in [0.1, 0.15) is 77.3 Å². The van der Waals surface area contributed by atoms with Crippen molar-refractivity contribution in [3.05, 3.63) is 77.6 Å². The molecule has 0 spiro atoms. The molecule has 2 aliphatic rings. The fourth-order valence-electron chi connectivity index (χ4n) is 8.54. The summed E-state index contributed by atoms with van der Waals surface area (Å²) in [6, 6.07) is 18.0. The maximum atomic E-state index is 14.2. The van der Waals surface area contributed by atoms with Gasteiger partial charge in [-0.3, -0.25) is 29.3 Å². The third kappa shape index (κ3) is 9.47. The van der Waals surface area contributed by atoms with Crippen LogP contribution in [0.15, 0.2) is 60.8 Å². The number of pyridine rings is 1. The van der Waals surface area contributed by atoms with Gasteiger partial charge in [-0.1, -0.05) is 58.0 Å². The first-order valence-corrected chi connectivity index (χ1v) is 20.8. The van der Waals surface area contributed by atoms with Crippen molar-refractivity contribution in [1.29, 1.82) is 0 Å². The lowest BCUT2D eigenvalue weighted by atomic mass is 9.84. The van der Waals surface area contributed by atoms with E-state index in [-0.39, 0.29) is 41.9 Å². The average Bonchev–Trinajstić information content (AvgIpc) is 3.50. The Labute approximate surface area is 343 Å². The number of rotatable bonds is 18. The van der Waals surface area contributed by atoms with Gasteiger partial charge in [0, 0.05) is 61.2 Å². The zero-order chi connectivity index (χ0) is 41.6. The maximum absolute atomic E-state index is 14.2. The van der Waals surface area contributed by atoms with Crippen LogP contribution in [0, 0.1) is 11.3 Å². The number of hydrogen-bond acceptors (Lipinski definition) is 9. The number of carbonyl (C=O) groups is 3. The molecule has 2 aromatic carbocycles. The number of fused-ring (bicyclic) bond motifs is 1. The molecular weight excluding hydrogens is 733 g/mol. The van der Waals surface area contributed by atoms with Crippen LogP contribution in [0.4, 0.5) is 0 Å². The lowest BCUT2D eigenvalue weighted by molar-refractivity contribution is -0.143. The second kappa shape index (κ2) is 19.0. The number of carbonyl (C=O) groups excluding carboxylic acids is 3. The average molecular weight is 795 g/mol. The van der Waals surface area contributed by atoms with E-state index >= 15 is 0 Å². The number of hydrogen-bond donors (Lipinski definition) is 2. The van der Waals surface area contributed by atoms with Crippen LogP contribution in [0.3, 0.4) is 0 Å². The molecule has 312 valence electrons. The third-order valence-electron chi connectivity index (χ3n) is 11.7. The van der Waals surface area contributed by atoms with Gasteiger partial charge >= 0.3 is 0 Å². The predicted octanol–water partition coefficient (Wildman–Crippen LogP) is 6.35. The number of aryl methyl sites for hydroxylation is 1. The van der Waals surface area contributed by atoms with Crippen molar-refractivity contribution < 1.29 is 28.6 Å². The molecule has 3 atom stereocenters. The first kappa shape index (κ1) is 43.0. The van der Waals surface area contributed by atoms with E-state index in [9.17, 15) is 14.4 Å². The molecule has 2 fully saturated rings. The number of likely N-dealkylation sites (N-methyl/N-ethyl adjacent to an activating group) is 1. The molecule has 2 amide bonds. The molecule has 0 radical (unpaired) electrons. The number of hydrazine groups is 1. The van der Waals surface area contributed by atoms with Crippen molar-refractivity contribution in [3.63, 3.8) is 0 Å². The molecule has 4 aromatic rings. The number of nitrogens with zero attached hydrogens (tertiary/aromatic N) is 4. The Morgan fingerprint density at radius 3 is 2.52 bits per heavy atom. The van der Waals surface area contributed by atoms with Crippen molar-refractivity contribution in [2.45, 2.75) is 98.0 Å². The summed E-state index contributed by atoms with van der Waals surface area (Å²) in [6.07, 6.45) is 4.48. The SMILES string of the molecule is CCn1c(-c2cccnc2C(C)OC)c(CC(C)(C)COC=O)c2cc(-c3cccc(CC(NC(=O)C(C(C)C)N(C)C4COC4)C(=O)N4CCCCN4)c3)ccc21. The summed E-state index contributed by atoms with van der Waals surface area (Å²) >= 11 is 0. The third-order valence-corrected chi connectivity index (χ3v) is 11.7. The summed E-state index contributed by atoms with van der Waals surface area (Å²) in [5, 5.41) is 5.99. The number of amides is 2. The molecule has 2 N–H and O–H groups in total. The zero-order valence-corrected chi connectivity index (χ0v) is 35.5. The van der Waals surface area contributed by atoms with Gasteiger partial charge in [0.25, 0.3) is 12.4 Å². The second-order valence-electron chi connectivity index (χ2n) is 17.0. The highest BCUT2D eigenvalue weighted by molar-refractivity contribution is 5.95. The predicted molar refractivity (Wildman–Crippen MR) is 227 cm³/mol. The van der Waals surface area contributed by atoms with E-state index < -0.39 is 12.1 Å². The molecule has 0 aliphatic carbocycles. The maximum Gasteiger partial charge on any atom is 0.293 e. The highest BCUT2D eigenvalue weighted by atomic mass is 16.5. The van der Waals surface area contributed by atoms with E-state index in [1.807, 2.05) is 46.0 Å².